The zero-order valence-electron chi connectivity index (χ0n) is 19.9. The number of aliphatic hydroxyl groups excluding tert-OH is 2. The molecule has 1 aliphatic heterocycles. The molecule has 10 nitrogen and oxygen atoms in total. The molecule has 5 rings (SSSR count). The predicted octanol–water partition coefficient (Wildman–Crippen LogP) is 3.12. The van der Waals surface area contributed by atoms with E-state index in [-0.39, 0.29) is 19.0 Å². The Labute approximate surface area is 208 Å². The van der Waals surface area contributed by atoms with Crippen molar-refractivity contribution >= 4 is 22.8 Å². The van der Waals surface area contributed by atoms with Crippen LogP contribution in [0.4, 0.5) is 5.82 Å². The summed E-state index contributed by atoms with van der Waals surface area (Å²) in [6, 6.07) is 16.8. The Morgan fingerprint density at radius 3 is 2.56 bits per heavy atom. The van der Waals surface area contributed by atoms with E-state index in [0.29, 0.717) is 41.1 Å². The Bertz CT molecular complexity index is 1360. The maximum Gasteiger partial charge on any atom is 0.253 e. The van der Waals surface area contributed by atoms with Gasteiger partial charge < -0.3 is 25.6 Å². The molecule has 2 aromatic heterocycles. The zero-order chi connectivity index (χ0) is 25.2. The van der Waals surface area contributed by atoms with Gasteiger partial charge in [0, 0.05) is 12.1 Å². The molecular weight excluding hydrogens is 460 g/mol. The average molecular weight is 489 g/mol. The van der Waals surface area contributed by atoms with Crippen LogP contribution in [-0.2, 0) is 4.79 Å². The molecule has 1 fully saturated rings. The summed E-state index contributed by atoms with van der Waals surface area (Å²) in [4.78, 5) is 22.6. The van der Waals surface area contributed by atoms with Gasteiger partial charge in [0.1, 0.15) is 41.7 Å². The van der Waals surface area contributed by atoms with Gasteiger partial charge in [-0.1, -0.05) is 25.1 Å². The van der Waals surface area contributed by atoms with E-state index in [1.54, 1.807) is 11.6 Å². The molecule has 1 aliphatic rings. The molecule has 3 unspecified atom stereocenters. The summed E-state index contributed by atoms with van der Waals surface area (Å²) >= 11 is 0. The Balaban J connectivity index is 1.48. The van der Waals surface area contributed by atoms with Gasteiger partial charge >= 0.3 is 0 Å². The van der Waals surface area contributed by atoms with Crippen LogP contribution >= 0.6 is 0 Å². The molecule has 0 saturated carbocycles. The lowest BCUT2D eigenvalue weighted by Crippen LogP contribution is -2.51. The highest BCUT2D eigenvalue weighted by atomic mass is 16.5. The second-order valence-corrected chi connectivity index (χ2v) is 8.82. The number of benzene rings is 2. The van der Waals surface area contributed by atoms with Crippen molar-refractivity contribution < 1.29 is 19.7 Å². The third kappa shape index (κ3) is 4.48. The first-order chi connectivity index (χ1) is 17.5. The van der Waals surface area contributed by atoms with Crippen LogP contribution in [-0.4, -0.2) is 59.6 Å². The Hall–Kier alpha value is -4.02. The monoisotopic (exact) mass is 488 g/mol. The number of likely N-dealkylation sites (tertiary alicyclic amines) is 1. The number of nitrogens with two attached hydrogens (primary N) is 1. The normalized spacial score (nSPS) is 18.8. The number of carbonyl (C=O) groups is 1. The van der Waals surface area contributed by atoms with Crippen molar-refractivity contribution in [2.24, 2.45) is 0 Å². The minimum absolute atomic E-state index is 0.195. The smallest absolute Gasteiger partial charge is 0.253 e. The van der Waals surface area contributed by atoms with E-state index in [0.717, 1.165) is 11.3 Å². The van der Waals surface area contributed by atoms with Crippen molar-refractivity contribution in [3.8, 4) is 22.8 Å². The fraction of sp³-hybridized carbons (Fsp3) is 0.308. The van der Waals surface area contributed by atoms with Crippen LogP contribution in [0, 0.1) is 0 Å². The van der Waals surface area contributed by atoms with Crippen molar-refractivity contribution in [1.82, 2.24) is 24.6 Å². The van der Waals surface area contributed by atoms with E-state index < -0.39 is 18.2 Å². The Morgan fingerprint density at radius 1 is 1.11 bits per heavy atom. The van der Waals surface area contributed by atoms with Crippen LogP contribution in [0.5, 0.6) is 11.5 Å². The molecule has 2 aromatic carbocycles. The number of aliphatic hydroxyl groups is 2. The second-order valence-electron chi connectivity index (χ2n) is 8.82. The second kappa shape index (κ2) is 9.92. The molecule has 4 aromatic rings. The number of fused-ring (bicyclic) bond motifs is 1. The number of hydrogen-bond donors (Lipinski definition) is 3. The fourth-order valence-corrected chi connectivity index (χ4v) is 4.50. The summed E-state index contributed by atoms with van der Waals surface area (Å²) < 4.78 is 7.65. The van der Waals surface area contributed by atoms with E-state index in [9.17, 15) is 15.0 Å². The molecule has 186 valence electrons. The third-order valence-corrected chi connectivity index (χ3v) is 6.45. The SMILES string of the molecule is CCC(O)C(=O)N1CC(n2nc(-c3ccc(Oc4ccccc4)cc3)c3c(N)ncnc32)CCC1O. The number of hydrogen-bond acceptors (Lipinski definition) is 8. The minimum Gasteiger partial charge on any atom is -0.457 e. The summed E-state index contributed by atoms with van der Waals surface area (Å²) in [7, 11) is 0. The van der Waals surface area contributed by atoms with Gasteiger partial charge in [-0.25, -0.2) is 14.6 Å². The number of para-hydroxylation sites is 1. The quantitative estimate of drug-likeness (QED) is 0.376. The molecule has 1 saturated heterocycles. The maximum atomic E-state index is 12.7. The highest BCUT2D eigenvalue weighted by molar-refractivity contribution is 5.98. The molecule has 3 heterocycles. The molecule has 4 N–H and O–H groups in total. The Kier molecular flexibility index (Phi) is 6.53. The van der Waals surface area contributed by atoms with Gasteiger partial charge in [-0.2, -0.15) is 5.10 Å². The minimum atomic E-state index is -1.15. The largest absolute Gasteiger partial charge is 0.457 e. The van der Waals surface area contributed by atoms with Crippen LogP contribution in [0.25, 0.3) is 22.3 Å². The molecule has 0 radical (unpaired) electrons. The first-order valence-electron chi connectivity index (χ1n) is 11.9. The van der Waals surface area contributed by atoms with Crippen molar-refractivity contribution in [3.05, 3.63) is 60.9 Å². The summed E-state index contributed by atoms with van der Waals surface area (Å²) in [5.41, 5.74) is 8.23. The van der Waals surface area contributed by atoms with Crippen molar-refractivity contribution in [1.29, 1.82) is 0 Å². The van der Waals surface area contributed by atoms with Gasteiger partial charge in [0.25, 0.3) is 5.91 Å². The van der Waals surface area contributed by atoms with E-state index in [4.69, 9.17) is 15.6 Å². The number of carbonyl (C=O) groups excluding carboxylic acids is 1. The molecule has 0 aliphatic carbocycles. The molecule has 10 heteroatoms. The van der Waals surface area contributed by atoms with E-state index in [1.165, 1.54) is 11.2 Å². The van der Waals surface area contributed by atoms with Gasteiger partial charge in [-0.05, 0) is 55.7 Å². The summed E-state index contributed by atoms with van der Waals surface area (Å²) in [5, 5.41) is 26.0. The summed E-state index contributed by atoms with van der Waals surface area (Å²) in [6.45, 7) is 1.92. The number of anilines is 1. The molecular formula is C26H28N6O4. The first-order valence-corrected chi connectivity index (χ1v) is 11.9. The molecule has 36 heavy (non-hydrogen) atoms. The third-order valence-electron chi connectivity index (χ3n) is 6.45. The molecule has 0 bridgehead atoms. The number of piperidine rings is 1. The van der Waals surface area contributed by atoms with Gasteiger partial charge in [0.15, 0.2) is 5.65 Å². The number of amides is 1. The van der Waals surface area contributed by atoms with Crippen LogP contribution in [0.15, 0.2) is 60.9 Å². The topological polar surface area (TPSA) is 140 Å². The highest BCUT2D eigenvalue weighted by Gasteiger charge is 2.35. The highest BCUT2D eigenvalue weighted by Crippen LogP contribution is 2.35. The lowest BCUT2D eigenvalue weighted by Gasteiger charge is -2.37. The fourth-order valence-electron chi connectivity index (χ4n) is 4.50. The molecule has 0 spiro atoms. The van der Waals surface area contributed by atoms with Gasteiger partial charge in [0.05, 0.1) is 11.4 Å². The maximum absolute atomic E-state index is 12.7. The van der Waals surface area contributed by atoms with Crippen LogP contribution in [0.2, 0.25) is 0 Å². The lowest BCUT2D eigenvalue weighted by atomic mass is 10.0. The summed E-state index contributed by atoms with van der Waals surface area (Å²) in [6.07, 6.45) is 0.492. The van der Waals surface area contributed by atoms with Gasteiger partial charge in [-0.15, -0.1) is 0 Å². The number of nitrogen functional groups attached to an aromatic ring is 1. The number of nitrogens with zero attached hydrogens (tertiary/aromatic N) is 5. The van der Waals surface area contributed by atoms with E-state index in [1.807, 2.05) is 54.6 Å². The summed E-state index contributed by atoms with van der Waals surface area (Å²) in [5.74, 6) is 1.23. The van der Waals surface area contributed by atoms with Crippen LogP contribution in [0.1, 0.15) is 32.2 Å². The number of rotatable bonds is 6. The number of aromatic nitrogens is 4. The van der Waals surface area contributed by atoms with Crippen LogP contribution < -0.4 is 10.5 Å². The number of ether oxygens (including phenoxy) is 1. The first kappa shape index (κ1) is 23.7. The molecule has 1 amide bonds. The van der Waals surface area contributed by atoms with E-state index in [2.05, 4.69) is 9.97 Å². The molecule has 3 atom stereocenters. The standard InChI is InChI=1S/C26H28N6O4/c1-2-20(33)26(35)31-14-17(10-13-21(31)34)32-25-22(24(27)28-15-29-25)23(30-32)16-8-11-19(12-9-16)36-18-6-4-3-5-7-18/h3-9,11-12,15,17,20-21,33-34H,2,10,13-14H2,1H3,(H2,27,28,29). The van der Waals surface area contributed by atoms with Gasteiger partial charge in [0.2, 0.25) is 0 Å². The predicted molar refractivity (Wildman–Crippen MR) is 134 cm³/mol. The van der Waals surface area contributed by atoms with Crippen molar-refractivity contribution in [3.63, 3.8) is 0 Å². The van der Waals surface area contributed by atoms with E-state index >= 15 is 0 Å². The van der Waals surface area contributed by atoms with Crippen molar-refractivity contribution in [2.45, 2.75) is 44.6 Å². The van der Waals surface area contributed by atoms with Gasteiger partial charge in [-0.3, -0.25) is 4.79 Å². The zero-order valence-corrected chi connectivity index (χ0v) is 19.9. The lowest BCUT2D eigenvalue weighted by molar-refractivity contribution is -0.155. The average Bonchev–Trinajstić information content (AvgIpc) is 3.30. The Morgan fingerprint density at radius 2 is 1.83 bits per heavy atom. The van der Waals surface area contributed by atoms with Crippen molar-refractivity contribution in [2.75, 3.05) is 12.3 Å². The van der Waals surface area contributed by atoms with Crippen LogP contribution in [0.3, 0.4) is 0 Å².